The van der Waals surface area contributed by atoms with Crippen molar-refractivity contribution in [2.24, 2.45) is 0 Å². The molecule has 0 heterocycles. The molecule has 0 amide bonds. The van der Waals surface area contributed by atoms with Crippen molar-refractivity contribution in [2.45, 2.75) is 6.92 Å². The Morgan fingerprint density at radius 3 is 1.50 bits per heavy atom. The van der Waals surface area contributed by atoms with Crippen LogP contribution in [-0.2, 0) is 0 Å². The summed E-state index contributed by atoms with van der Waals surface area (Å²) in [5, 5.41) is 0. The van der Waals surface area contributed by atoms with Crippen molar-refractivity contribution in [3.05, 3.63) is 12.3 Å². The molecule has 0 aromatic carbocycles. The SMILES string of the molecule is CC=C[N+](C)(C)C.[Cl-]. The Labute approximate surface area is 58.0 Å². The van der Waals surface area contributed by atoms with Gasteiger partial charge in [-0.1, -0.05) is 0 Å². The summed E-state index contributed by atoms with van der Waals surface area (Å²) in [6.07, 6.45) is 4.18. The maximum absolute atomic E-state index is 2.12. The Hall–Kier alpha value is -0.0100. The summed E-state index contributed by atoms with van der Waals surface area (Å²) in [7, 11) is 6.38. The van der Waals surface area contributed by atoms with Gasteiger partial charge < -0.3 is 16.9 Å². The summed E-state index contributed by atoms with van der Waals surface area (Å²) >= 11 is 0. The number of rotatable bonds is 1. The summed E-state index contributed by atoms with van der Waals surface area (Å²) in [5.74, 6) is 0. The van der Waals surface area contributed by atoms with Gasteiger partial charge in [0.15, 0.2) is 0 Å². The van der Waals surface area contributed by atoms with Gasteiger partial charge in [-0.25, -0.2) is 0 Å². The quantitative estimate of drug-likeness (QED) is 0.374. The zero-order chi connectivity index (χ0) is 5.91. The molecule has 0 aliphatic carbocycles. The lowest BCUT2D eigenvalue weighted by Gasteiger charge is -2.16. The number of halogens is 1. The van der Waals surface area contributed by atoms with Gasteiger partial charge in [-0.3, -0.25) is 0 Å². The highest BCUT2D eigenvalue weighted by atomic mass is 35.5. The van der Waals surface area contributed by atoms with Gasteiger partial charge in [0.1, 0.15) is 0 Å². The van der Waals surface area contributed by atoms with E-state index in [1.165, 1.54) is 0 Å². The molecule has 0 saturated heterocycles. The molecule has 0 radical (unpaired) electrons. The Balaban J connectivity index is 0. The van der Waals surface area contributed by atoms with Crippen molar-refractivity contribution in [3.8, 4) is 0 Å². The third-order valence-electron chi connectivity index (χ3n) is 0.596. The van der Waals surface area contributed by atoms with E-state index < -0.39 is 0 Å². The van der Waals surface area contributed by atoms with Crippen LogP contribution in [0.4, 0.5) is 0 Å². The maximum atomic E-state index is 2.12. The molecule has 0 fully saturated rings. The normalized spacial score (nSPS) is 11.5. The van der Waals surface area contributed by atoms with E-state index in [1.807, 2.05) is 6.92 Å². The standard InChI is InChI=1S/C6H14N.ClH/c1-5-6-7(2,3)4;/h5-6H,1-4H3;1H/q+1;/p-1. The minimum absolute atomic E-state index is 0. The molecule has 50 valence electrons. The monoisotopic (exact) mass is 135 g/mol. The zero-order valence-electron chi connectivity index (χ0n) is 5.98. The first-order valence-electron chi connectivity index (χ1n) is 2.51. The van der Waals surface area contributed by atoms with E-state index in [0.717, 1.165) is 4.48 Å². The summed E-state index contributed by atoms with van der Waals surface area (Å²) < 4.78 is 0.913. The average Bonchev–Trinajstić information content (AvgIpc) is 1.30. The fourth-order valence-electron chi connectivity index (χ4n) is 0.447. The topological polar surface area (TPSA) is 0 Å². The molecule has 0 aliphatic heterocycles. The molecule has 0 saturated carbocycles. The van der Waals surface area contributed by atoms with Crippen LogP contribution in [0.25, 0.3) is 0 Å². The van der Waals surface area contributed by atoms with Gasteiger partial charge in [0, 0.05) is 0 Å². The lowest BCUT2D eigenvalue weighted by molar-refractivity contribution is -0.817. The second-order valence-corrected chi connectivity index (χ2v) is 2.60. The first-order valence-corrected chi connectivity index (χ1v) is 2.51. The molecule has 0 N–H and O–H groups in total. The summed E-state index contributed by atoms with van der Waals surface area (Å²) in [5.41, 5.74) is 0. The lowest BCUT2D eigenvalue weighted by Crippen LogP contribution is -3.00. The van der Waals surface area contributed by atoms with E-state index in [4.69, 9.17) is 0 Å². The number of allylic oxidation sites excluding steroid dienone is 1. The van der Waals surface area contributed by atoms with E-state index >= 15 is 0 Å². The predicted octanol–water partition coefficient (Wildman–Crippen LogP) is -1.77. The summed E-state index contributed by atoms with van der Waals surface area (Å²) in [6, 6.07) is 0. The van der Waals surface area contributed by atoms with E-state index in [9.17, 15) is 0 Å². The number of nitrogens with zero attached hydrogens (tertiary/aromatic N) is 1. The fraction of sp³-hybridized carbons (Fsp3) is 0.667. The fourth-order valence-corrected chi connectivity index (χ4v) is 0.447. The van der Waals surface area contributed by atoms with Crippen molar-refractivity contribution >= 4 is 0 Å². The highest BCUT2D eigenvalue weighted by Crippen LogP contribution is 1.88. The van der Waals surface area contributed by atoms with Gasteiger partial charge >= 0.3 is 0 Å². The third-order valence-corrected chi connectivity index (χ3v) is 0.596. The van der Waals surface area contributed by atoms with Crippen LogP contribution in [0.2, 0.25) is 0 Å². The van der Waals surface area contributed by atoms with Crippen molar-refractivity contribution in [1.29, 1.82) is 0 Å². The van der Waals surface area contributed by atoms with Crippen LogP contribution in [0.1, 0.15) is 6.92 Å². The number of quaternary nitrogens is 1. The van der Waals surface area contributed by atoms with Gasteiger partial charge in [0.2, 0.25) is 0 Å². The molecular weight excluding hydrogens is 122 g/mol. The van der Waals surface area contributed by atoms with Crippen LogP contribution in [-0.4, -0.2) is 25.6 Å². The minimum atomic E-state index is 0. The lowest BCUT2D eigenvalue weighted by atomic mass is 10.6. The van der Waals surface area contributed by atoms with E-state index in [0.29, 0.717) is 0 Å². The summed E-state index contributed by atoms with van der Waals surface area (Å²) in [4.78, 5) is 0. The molecule has 2 heteroatoms. The zero-order valence-corrected chi connectivity index (χ0v) is 6.74. The molecule has 1 nitrogen and oxygen atoms in total. The van der Waals surface area contributed by atoms with E-state index in [2.05, 4.69) is 33.4 Å². The molecular formula is C6H14ClN. The van der Waals surface area contributed by atoms with Gasteiger partial charge in [0.25, 0.3) is 0 Å². The predicted molar refractivity (Wildman–Crippen MR) is 32.8 cm³/mol. The van der Waals surface area contributed by atoms with Crippen LogP contribution >= 0.6 is 0 Å². The second-order valence-electron chi connectivity index (χ2n) is 2.60. The van der Waals surface area contributed by atoms with Crippen molar-refractivity contribution in [3.63, 3.8) is 0 Å². The number of hydrogen-bond acceptors (Lipinski definition) is 0. The highest BCUT2D eigenvalue weighted by Gasteiger charge is 1.95. The molecule has 0 bridgehead atoms. The molecule has 0 aliphatic rings. The second kappa shape index (κ2) is 3.93. The molecule has 0 unspecified atom stereocenters. The Bertz CT molecular complexity index is 71.1. The van der Waals surface area contributed by atoms with Crippen LogP contribution in [0, 0.1) is 0 Å². The molecule has 0 rings (SSSR count). The molecule has 0 atom stereocenters. The van der Waals surface area contributed by atoms with Crippen LogP contribution < -0.4 is 12.4 Å². The first-order chi connectivity index (χ1) is 3.06. The largest absolute Gasteiger partial charge is 1.00 e. The van der Waals surface area contributed by atoms with E-state index in [-0.39, 0.29) is 12.4 Å². The first kappa shape index (κ1) is 10.9. The van der Waals surface area contributed by atoms with Gasteiger partial charge in [-0.15, -0.1) is 0 Å². The smallest absolute Gasteiger partial charge is 0.0908 e. The third kappa shape index (κ3) is 9.37. The average molecular weight is 136 g/mol. The Kier molecular flexibility index (Phi) is 5.34. The maximum Gasteiger partial charge on any atom is 0.0908 e. The Morgan fingerprint density at radius 1 is 1.12 bits per heavy atom. The van der Waals surface area contributed by atoms with E-state index in [1.54, 1.807) is 0 Å². The molecule has 0 spiro atoms. The van der Waals surface area contributed by atoms with Crippen LogP contribution in [0.5, 0.6) is 0 Å². The van der Waals surface area contributed by atoms with Crippen molar-refractivity contribution in [2.75, 3.05) is 21.1 Å². The minimum Gasteiger partial charge on any atom is -1.00 e. The molecule has 0 aromatic rings. The van der Waals surface area contributed by atoms with Gasteiger partial charge in [0.05, 0.1) is 27.3 Å². The Morgan fingerprint density at radius 2 is 1.50 bits per heavy atom. The van der Waals surface area contributed by atoms with Crippen LogP contribution in [0.3, 0.4) is 0 Å². The van der Waals surface area contributed by atoms with Gasteiger partial charge in [-0.2, -0.15) is 0 Å². The van der Waals surface area contributed by atoms with Gasteiger partial charge in [-0.05, 0) is 13.0 Å². The molecule has 0 aromatic heterocycles. The summed E-state index contributed by atoms with van der Waals surface area (Å²) in [6.45, 7) is 2.03. The van der Waals surface area contributed by atoms with Crippen molar-refractivity contribution in [1.82, 2.24) is 0 Å². The highest BCUT2D eigenvalue weighted by molar-refractivity contribution is 4.64. The number of hydrogen-bond donors (Lipinski definition) is 0. The van der Waals surface area contributed by atoms with Crippen LogP contribution in [0.15, 0.2) is 12.3 Å². The molecule has 8 heavy (non-hydrogen) atoms. The van der Waals surface area contributed by atoms with Crippen molar-refractivity contribution < 1.29 is 16.9 Å².